The van der Waals surface area contributed by atoms with Crippen LogP contribution in [0, 0.1) is 0 Å². The number of carboxylic acid groups (broad SMARTS) is 1. The minimum absolute atomic E-state index is 0.327. The van der Waals surface area contributed by atoms with Gasteiger partial charge in [-0.2, -0.15) is 0 Å². The molecule has 1 fully saturated rings. The van der Waals surface area contributed by atoms with Crippen molar-refractivity contribution in [1.82, 2.24) is 9.80 Å². The molecule has 1 aliphatic heterocycles. The Balaban J connectivity index is 2.21. The van der Waals surface area contributed by atoms with Gasteiger partial charge >= 0.3 is 5.97 Å². The van der Waals surface area contributed by atoms with Crippen molar-refractivity contribution in [2.75, 3.05) is 33.3 Å². The molecule has 0 spiro atoms. The molecule has 23 heavy (non-hydrogen) atoms. The van der Waals surface area contributed by atoms with Gasteiger partial charge in [0.05, 0.1) is 11.6 Å². The molecule has 1 aliphatic rings. The summed E-state index contributed by atoms with van der Waals surface area (Å²) in [7, 11) is 2.06. The molecule has 1 saturated heterocycles. The predicted molar refractivity (Wildman–Crippen MR) is 91.3 cm³/mol. The fraction of sp³-hybridized carbons (Fsp3) is 0.588. The van der Waals surface area contributed by atoms with Gasteiger partial charge in [-0.1, -0.05) is 24.6 Å². The first-order valence-corrected chi connectivity index (χ1v) is 8.41. The molecule has 0 bridgehead atoms. The van der Waals surface area contributed by atoms with E-state index in [-0.39, 0.29) is 0 Å². The maximum Gasteiger partial charge on any atom is 0.325 e. The third-order valence-electron chi connectivity index (χ3n) is 4.32. The van der Waals surface area contributed by atoms with E-state index in [0.29, 0.717) is 29.0 Å². The Morgan fingerprint density at radius 3 is 2.78 bits per heavy atom. The highest BCUT2D eigenvalue weighted by atomic mass is 35.5. The molecule has 0 radical (unpaired) electrons. The second kappa shape index (κ2) is 7.99. The maximum atomic E-state index is 11.8. The van der Waals surface area contributed by atoms with Crippen molar-refractivity contribution in [2.45, 2.75) is 32.4 Å². The smallest absolute Gasteiger partial charge is 0.325 e. The van der Waals surface area contributed by atoms with Crippen molar-refractivity contribution < 1.29 is 14.6 Å². The Labute approximate surface area is 142 Å². The van der Waals surface area contributed by atoms with Gasteiger partial charge < -0.3 is 14.7 Å². The van der Waals surface area contributed by atoms with E-state index in [4.69, 9.17) is 16.3 Å². The first-order valence-electron chi connectivity index (χ1n) is 8.03. The number of rotatable bonds is 6. The number of nitrogens with zero attached hydrogens (tertiary/aromatic N) is 2. The van der Waals surface area contributed by atoms with E-state index in [1.54, 1.807) is 18.2 Å². The standard InChI is InChI=1S/C17H25ClN2O3/c1-4-9-23-15-6-5-13(10-14(15)18)16(17(21)22)20-8-7-19(3)12(2)11-20/h5-6,10,12,16H,4,7-9,11H2,1-3H3,(H,21,22). The Morgan fingerprint density at radius 2 is 2.22 bits per heavy atom. The highest BCUT2D eigenvalue weighted by molar-refractivity contribution is 6.32. The Bertz CT molecular complexity index is 553. The summed E-state index contributed by atoms with van der Waals surface area (Å²) in [6, 6.07) is 4.94. The predicted octanol–water partition coefficient (Wildman–Crippen LogP) is 2.89. The molecule has 1 heterocycles. The molecular weight excluding hydrogens is 316 g/mol. The first-order chi connectivity index (χ1) is 10.9. The second-order valence-corrected chi connectivity index (χ2v) is 6.51. The summed E-state index contributed by atoms with van der Waals surface area (Å²) < 4.78 is 5.56. The van der Waals surface area contributed by atoms with Crippen LogP contribution in [0.4, 0.5) is 0 Å². The number of aliphatic carboxylic acids is 1. The van der Waals surface area contributed by atoms with E-state index in [1.807, 2.05) is 11.8 Å². The molecule has 128 valence electrons. The van der Waals surface area contributed by atoms with Gasteiger partial charge in [0.2, 0.25) is 0 Å². The van der Waals surface area contributed by atoms with Gasteiger partial charge in [-0.15, -0.1) is 0 Å². The second-order valence-electron chi connectivity index (χ2n) is 6.10. The van der Waals surface area contributed by atoms with Crippen LogP contribution in [0.3, 0.4) is 0 Å². The Hall–Kier alpha value is -1.30. The van der Waals surface area contributed by atoms with Crippen LogP contribution >= 0.6 is 11.6 Å². The van der Waals surface area contributed by atoms with Gasteiger partial charge in [-0.3, -0.25) is 9.69 Å². The summed E-state index contributed by atoms with van der Waals surface area (Å²) >= 11 is 6.26. The van der Waals surface area contributed by atoms with E-state index in [2.05, 4.69) is 18.9 Å². The van der Waals surface area contributed by atoms with Gasteiger partial charge in [0.15, 0.2) is 0 Å². The summed E-state index contributed by atoms with van der Waals surface area (Å²) in [6.07, 6.45) is 0.898. The van der Waals surface area contributed by atoms with Crippen LogP contribution < -0.4 is 4.74 Å². The molecule has 1 aromatic rings. The van der Waals surface area contributed by atoms with Crippen LogP contribution in [-0.2, 0) is 4.79 Å². The van der Waals surface area contributed by atoms with Gasteiger partial charge in [0.1, 0.15) is 11.8 Å². The number of hydrogen-bond donors (Lipinski definition) is 1. The van der Waals surface area contributed by atoms with Crippen LogP contribution in [0.5, 0.6) is 5.75 Å². The summed E-state index contributed by atoms with van der Waals surface area (Å²) in [6.45, 7) is 7.04. The Morgan fingerprint density at radius 1 is 1.48 bits per heavy atom. The van der Waals surface area contributed by atoms with Gasteiger partial charge in [0.25, 0.3) is 0 Å². The topological polar surface area (TPSA) is 53.0 Å². The van der Waals surface area contributed by atoms with Crippen LogP contribution in [-0.4, -0.2) is 60.2 Å². The summed E-state index contributed by atoms with van der Waals surface area (Å²) in [5.41, 5.74) is 0.697. The quantitative estimate of drug-likeness (QED) is 0.863. The van der Waals surface area contributed by atoms with Crippen molar-refractivity contribution in [3.63, 3.8) is 0 Å². The number of piperazine rings is 1. The van der Waals surface area contributed by atoms with Gasteiger partial charge in [0, 0.05) is 25.7 Å². The van der Waals surface area contributed by atoms with Crippen molar-refractivity contribution in [1.29, 1.82) is 0 Å². The molecule has 0 aromatic heterocycles. The lowest BCUT2D eigenvalue weighted by Crippen LogP contribution is -2.52. The largest absolute Gasteiger partial charge is 0.492 e. The molecule has 6 heteroatoms. The van der Waals surface area contributed by atoms with Crippen molar-refractivity contribution in [3.05, 3.63) is 28.8 Å². The zero-order chi connectivity index (χ0) is 17.0. The number of likely N-dealkylation sites (N-methyl/N-ethyl adjacent to an activating group) is 1. The average Bonchev–Trinajstić information content (AvgIpc) is 2.50. The van der Waals surface area contributed by atoms with Crippen molar-refractivity contribution in [3.8, 4) is 5.75 Å². The number of carboxylic acids is 1. The van der Waals surface area contributed by atoms with E-state index >= 15 is 0 Å². The summed E-state index contributed by atoms with van der Waals surface area (Å²) in [4.78, 5) is 16.1. The highest BCUT2D eigenvalue weighted by Crippen LogP contribution is 2.31. The average molecular weight is 341 g/mol. The van der Waals surface area contributed by atoms with E-state index in [0.717, 1.165) is 26.1 Å². The molecule has 2 unspecified atom stereocenters. The SMILES string of the molecule is CCCOc1ccc(C(C(=O)O)N2CCN(C)C(C)C2)cc1Cl. The molecule has 0 aliphatic carbocycles. The Kier molecular flexibility index (Phi) is 6.27. The number of hydrogen-bond acceptors (Lipinski definition) is 4. The lowest BCUT2D eigenvalue weighted by molar-refractivity contribution is -0.144. The lowest BCUT2D eigenvalue weighted by atomic mass is 10.0. The van der Waals surface area contributed by atoms with Crippen LogP contribution in [0.25, 0.3) is 0 Å². The number of benzene rings is 1. The maximum absolute atomic E-state index is 11.8. The van der Waals surface area contributed by atoms with E-state index < -0.39 is 12.0 Å². The molecule has 5 nitrogen and oxygen atoms in total. The number of halogens is 1. The zero-order valence-electron chi connectivity index (χ0n) is 14.0. The third-order valence-corrected chi connectivity index (χ3v) is 4.62. The fourth-order valence-electron chi connectivity index (χ4n) is 2.84. The van der Waals surface area contributed by atoms with Gasteiger partial charge in [-0.05, 0) is 38.1 Å². The van der Waals surface area contributed by atoms with E-state index in [1.165, 1.54) is 0 Å². The van der Waals surface area contributed by atoms with Crippen LogP contribution in [0.1, 0.15) is 31.9 Å². The number of carbonyl (C=O) groups is 1. The first kappa shape index (κ1) is 18.0. The lowest BCUT2D eigenvalue weighted by Gasteiger charge is -2.40. The van der Waals surface area contributed by atoms with E-state index in [9.17, 15) is 9.90 Å². The van der Waals surface area contributed by atoms with Crippen LogP contribution in [0.2, 0.25) is 5.02 Å². The summed E-state index contributed by atoms with van der Waals surface area (Å²) in [5.74, 6) is -0.242. The minimum Gasteiger partial charge on any atom is -0.492 e. The molecule has 0 saturated carbocycles. The molecule has 1 N–H and O–H groups in total. The van der Waals surface area contributed by atoms with Crippen molar-refractivity contribution >= 4 is 17.6 Å². The number of ether oxygens (including phenoxy) is 1. The summed E-state index contributed by atoms with van der Waals surface area (Å²) in [5, 5.41) is 10.2. The minimum atomic E-state index is -0.847. The molecule has 2 atom stereocenters. The third kappa shape index (κ3) is 4.37. The van der Waals surface area contributed by atoms with Crippen molar-refractivity contribution in [2.24, 2.45) is 0 Å². The molecular formula is C17H25ClN2O3. The molecule has 1 aromatic carbocycles. The highest BCUT2D eigenvalue weighted by Gasteiger charge is 2.32. The molecule has 0 amide bonds. The van der Waals surface area contributed by atoms with Gasteiger partial charge in [-0.25, -0.2) is 0 Å². The normalized spacial score (nSPS) is 21.1. The fourth-order valence-corrected chi connectivity index (χ4v) is 3.08. The zero-order valence-corrected chi connectivity index (χ0v) is 14.7. The van der Waals surface area contributed by atoms with Crippen LogP contribution in [0.15, 0.2) is 18.2 Å². The molecule has 2 rings (SSSR count). The monoisotopic (exact) mass is 340 g/mol.